The zero-order valence-electron chi connectivity index (χ0n) is 11.1. The molecule has 10 heteroatoms. The minimum absolute atomic E-state index is 0.0120. The van der Waals surface area contributed by atoms with Gasteiger partial charge in [-0.15, -0.1) is 0 Å². The van der Waals surface area contributed by atoms with E-state index in [-0.39, 0.29) is 18.0 Å². The number of nitrogens with zero attached hydrogens (tertiary/aromatic N) is 3. The third-order valence-corrected chi connectivity index (χ3v) is 4.22. The van der Waals surface area contributed by atoms with Crippen LogP contribution in [0.25, 0.3) is 0 Å². The number of hydrogen-bond donors (Lipinski definition) is 2. The largest absolute Gasteiger partial charge is 0.480 e. The molecule has 0 aliphatic rings. The third kappa shape index (κ3) is 4.27. The van der Waals surface area contributed by atoms with Crippen molar-refractivity contribution in [2.75, 3.05) is 27.3 Å². The summed E-state index contributed by atoms with van der Waals surface area (Å²) in [6.07, 6.45) is 1.24. The first-order valence-corrected chi connectivity index (χ1v) is 7.09. The van der Waals surface area contributed by atoms with Crippen LogP contribution in [-0.4, -0.2) is 72.1 Å². The Hall–Kier alpha value is -1.49. The van der Waals surface area contributed by atoms with E-state index in [4.69, 9.17) is 9.84 Å². The maximum absolute atomic E-state index is 12.1. The zero-order valence-corrected chi connectivity index (χ0v) is 11.9. The highest BCUT2D eigenvalue weighted by Gasteiger charge is 2.24. The number of carboxylic acid groups (broad SMARTS) is 1. The summed E-state index contributed by atoms with van der Waals surface area (Å²) in [5.41, 5.74) is 0. The molecule has 1 unspecified atom stereocenters. The highest BCUT2D eigenvalue weighted by molar-refractivity contribution is 7.89. The maximum atomic E-state index is 12.1. The van der Waals surface area contributed by atoms with Gasteiger partial charge in [-0.05, 0) is 0 Å². The van der Waals surface area contributed by atoms with E-state index in [9.17, 15) is 18.3 Å². The lowest BCUT2D eigenvalue weighted by molar-refractivity contribution is -0.137. The summed E-state index contributed by atoms with van der Waals surface area (Å²) < 4.78 is 31.0. The van der Waals surface area contributed by atoms with Gasteiger partial charge in [0.1, 0.15) is 11.4 Å². The molecule has 0 bridgehead atoms. The SMILES string of the molecule is COCC(O)CN(C)S(=O)(=O)c1cnn(CC(=O)O)c1. The lowest BCUT2D eigenvalue weighted by Crippen LogP contribution is -2.36. The topological polar surface area (TPSA) is 122 Å². The van der Waals surface area contributed by atoms with Gasteiger partial charge in [0.25, 0.3) is 0 Å². The lowest BCUT2D eigenvalue weighted by Gasteiger charge is -2.19. The van der Waals surface area contributed by atoms with Gasteiger partial charge >= 0.3 is 5.97 Å². The number of carbonyl (C=O) groups is 1. The summed E-state index contributed by atoms with van der Waals surface area (Å²) in [6, 6.07) is 0. The average molecular weight is 307 g/mol. The minimum Gasteiger partial charge on any atom is -0.480 e. The van der Waals surface area contributed by atoms with Crippen molar-refractivity contribution in [2.45, 2.75) is 17.5 Å². The van der Waals surface area contributed by atoms with Crippen molar-refractivity contribution in [3.05, 3.63) is 12.4 Å². The molecule has 9 nitrogen and oxygen atoms in total. The second kappa shape index (κ2) is 6.79. The maximum Gasteiger partial charge on any atom is 0.325 e. The number of hydrogen-bond acceptors (Lipinski definition) is 6. The zero-order chi connectivity index (χ0) is 15.3. The van der Waals surface area contributed by atoms with Gasteiger partial charge in [-0.1, -0.05) is 0 Å². The standard InChI is InChI=1S/C10H17N3O6S/c1-12(4-8(14)7-19-2)20(17,18)9-3-11-13(5-9)6-10(15)16/h3,5,8,14H,4,6-7H2,1-2H3,(H,15,16). The van der Waals surface area contributed by atoms with Crippen molar-refractivity contribution in [2.24, 2.45) is 0 Å². The Balaban J connectivity index is 2.82. The fourth-order valence-corrected chi connectivity index (χ4v) is 2.69. The third-order valence-electron chi connectivity index (χ3n) is 2.44. The average Bonchev–Trinajstić information content (AvgIpc) is 2.77. The molecule has 2 N–H and O–H groups in total. The Labute approximate surface area is 116 Å². The molecule has 0 aliphatic carbocycles. The van der Waals surface area contributed by atoms with Crippen LogP contribution in [0.2, 0.25) is 0 Å². The molecule has 1 atom stereocenters. The summed E-state index contributed by atoms with van der Waals surface area (Å²) in [7, 11) is -1.12. The molecule has 1 rings (SSSR count). The molecule has 0 fully saturated rings. The molecule has 0 aliphatic heterocycles. The van der Waals surface area contributed by atoms with Gasteiger partial charge in [0.05, 0.1) is 18.9 Å². The molecule has 114 valence electrons. The van der Waals surface area contributed by atoms with Gasteiger partial charge in [0.15, 0.2) is 0 Å². The molecule has 20 heavy (non-hydrogen) atoms. The second-order valence-electron chi connectivity index (χ2n) is 4.16. The van der Waals surface area contributed by atoms with Crippen LogP contribution < -0.4 is 0 Å². The molecule has 1 heterocycles. The Kier molecular flexibility index (Phi) is 5.62. The molecule has 0 amide bonds. The molecule has 0 aromatic carbocycles. The molecular formula is C10H17N3O6S. The highest BCUT2D eigenvalue weighted by Crippen LogP contribution is 2.13. The van der Waals surface area contributed by atoms with Gasteiger partial charge in [-0.25, -0.2) is 8.42 Å². The van der Waals surface area contributed by atoms with E-state index in [1.165, 1.54) is 14.2 Å². The number of aliphatic hydroxyl groups excluding tert-OH is 1. The number of aliphatic carboxylic acids is 1. The number of rotatable bonds is 8. The van der Waals surface area contributed by atoms with Gasteiger partial charge in [-0.2, -0.15) is 9.40 Å². The fourth-order valence-electron chi connectivity index (χ4n) is 1.52. The minimum atomic E-state index is -3.83. The van der Waals surface area contributed by atoms with Crippen molar-refractivity contribution < 1.29 is 28.2 Å². The normalized spacial score (nSPS) is 13.6. The van der Waals surface area contributed by atoms with E-state index in [0.29, 0.717) is 0 Å². The Bertz CT molecular complexity index is 555. The van der Waals surface area contributed by atoms with Crippen LogP contribution in [0.5, 0.6) is 0 Å². The van der Waals surface area contributed by atoms with Crippen LogP contribution >= 0.6 is 0 Å². The fraction of sp³-hybridized carbons (Fsp3) is 0.600. The number of sulfonamides is 1. The van der Waals surface area contributed by atoms with Gasteiger partial charge in [0, 0.05) is 26.9 Å². The number of aromatic nitrogens is 2. The van der Waals surface area contributed by atoms with Crippen molar-refractivity contribution in [3.63, 3.8) is 0 Å². The number of likely N-dealkylation sites (N-methyl/N-ethyl adjacent to an activating group) is 1. The van der Waals surface area contributed by atoms with Gasteiger partial charge < -0.3 is 14.9 Å². The Morgan fingerprint density at radius 2 is 2.25 bits per heavy atom. The summed E-state index contributed by atoms with van der Waals surface area (Å²) >= 11 is 0. The van der Waals surface area contributed by atoms with Gasteiger partial charge in [0.2, 0.25) is 10.0 Å². The van der Waals surface area contributed by atoms with Gasteiger partial charge in [-0.3, -0.25) is 9.48 Å². The predicted octanol–water partition coefficient (Wildman–Crippen LogP) is -1.40. The molecular weight excluding hydrogens is 290 g/mol. The monoisotopic (exact) mass is 307 g/mol. The van der Waals surface area contributed by atoms with E-state index in [2.05, 4.69) is 5.10 Å². The van der Waals surface area contributed by atoms with Crippen LogP contribution in [-0.2, 0) is 26.1 Å². The quantitative estimate of drug-likeness (QED) is 0.605. The first kappa shape index (κ1) is 16.6. The van der Waals surface area contributed by atoms with Crippen LogP contribution in [0.1, 0.15) is 0 Å². The Morgan fingerprint density at radius 1 is 1.60 bits per heavy atom. The number of carboxylic acids is 1. The first-order valence-electron chi connectivity index (χ1n) is 5.65. The van der Waals surface area contributed by atoms with Crippen LogP contribution in [0, 0.1) is 0 Å². The lowest BCUT2D eigenvalue weighted by atomic mass is 10.4. The highest BCUT2D eigenvalue weighted by atomic mass is 32.2. The smallest absolute Gasteiger partial charge is 0.325 e. The van der Waals surface area contributed by atoms with Crippen LogP contribution in [0.4, 0.5) is 0 Å². The number of methoxy groups -OCH3 is 1. The molecule has 1 aromatic heterocycles. The number of ether oxygens (including phenoxy) is 1. The summed E-state index contributed by atoms with van der Waals surface area (Å²) in [4.78, 5) is 10.4. The van der Waals surface area contributed by atoms with Crippen molar-refractivity contribution in [1.29, 1.82) is 0 Å². The van der Waals surface area contributed by atoms with E-state index in [1.54, 1.807) is 0 Å². The summed E-state index contributed by atoms with van der Waals surface area (Å²) in [6.45, 7) is -0.552. The first-order chi connectivity index (χ1) is 9.27. The summed E-state index contributed by atoms with van der Waals surface area (Å²) in [5.74, 6) is -1.12. The Morgan fingerprint density at radius 3 is 2.80 bits per heavy atom. The van der Waals surface area contributed by atoms with Crippen LogP contribution in [0.15, 0.2) is 17.3 Å². The summed E-state index contributed by atoms with van der Waals surface area (Å²) in [5, 5.41) is 21.8. The molecule has 0 radical (unpaired) electrons. The van der Waals surface area contributed by atoms with E-state index in [0.717, 1.165) is 21.4 Å². The molecule has 0 saturated heterocycles. The van der Waals surface area contributed by atoms with Crippen molar-refractivity contribution in [1.82, 2.24) is 14.1 Å². The second-order valence-corrected chi connectivity index (χ2v) is 6.21. The molecule has 0 saturated carbocycles. The molecule has 0 spiro atoms. The molecule has 1 aromatic rings. The van der Waals surface area contributed by atoms with Crippen molar-refractivity contribution in [3.8, 4) is 0 Å². The number of aliphatic hydroxyl groups is 1. The van der Waals surface area contributed by atoms with E-state index < -0.39 is 28.6 Å². The van der Waals surface area contributed by atoms with E-state index >= 15 is 0 Å². The van der Waals surface area contributed by atoms with Crippen molar-refractivity contribution >= 4 is 16.0 Å². The van der Waals surface area contributed by atoms with E-state index in [1.807, 2.05) is 0 Å². The predicted molar refractivity (Wildman–Crippen MR) is 67.6 cm³/mol. The van der Waals surface area contributed by atoms with Crippen LogP contribution in [0.3, 0.4) is 0 Å².